The van der Waals surface area contributed by atoms with Crippen LogP contribution in [0.2, 0.25) is 0 Å². The summed E-state index contributed by atoms with van der Waals surface area (Å²) in [6.07, 6.45) is 1.81. The molecule has 0 bridgehead atoms. The molecule has 0 unspecified atom stereocenters. The summed E-state index contributed by atoms with van der Waals surface area (Å²) in [6.45, 7) is 6.52. The summed E-state index contributed by atoms with van der Waals surface area (Å²) < 4.78 is 1.99. The highest BCUT2D eigenvalue weighted by Gasteiger charge is 2.20. The van der Waals surface area contributed by atoms with Gasteiger partial charge in [0.1, 0.15) is 5.51 Å². The molecule has 0 atom stereocenters. The molecule has 0 saturated heterocycles. The predicted octanol–water partition coefficient (Wildman–Crippen LogP) is 4.75. The molecule has 4 rings (SSSR count). The van der Waals surface area contributed by atoms with E-state index in [1.54, 1.807) is 22.9 Å². The fourth-order valence-corrected chi connectivity index (χ4v) is 5.06. The maximum atomic E-state index is 12.2. The third-order valence-corrected chi connectivity index (χ3v) is 6.73. The summed E-state index contributed by atoms with van der Waals surface area (Å²) in [5.74, 6) is 0.802. The van der Waals surface area contributed by atoms with Gasteiger partial charge in [-0.2, -0.15) is 0 Å². The fourth-order valence-electron chi connectivity index (χ4n) is 2.98. The highest BCUT2D eigenvalue weighted by atomic mass is 32.2. The third-order valence-electron chi connectivity index (χ3n) is 4.25. The van der Waals surface area contributed by atoms with Gasteiger partial charge in [-0.3, -0.25) is 14.7 Å². The number of anilines is 1. The highest BCUT2D eigenvalue weighted by molar-refractivity contribution is 7.99. The molecular weight excluding hydrogens is 436 g/mol. The number of rotatable bonds is 8. The quantitative estimate of drug-likeness (QED) is 0.305. The molecule has 1 N–H and O–H groups in total. The minimum atomic E-state index is -0.164. The fraction of sp³-hybridized carbons (Fsp3) is 0.150. The van der Waals surface area contributed by atoms with Crippen LogP contribution in [0, 0.1) is 6.92 Å². The van der Waals surface area contributed by atoms with E-state index in [1.165, 1.54) is 28.0 Å². The van der Waals surface area contributed by atoms with E-state index < -0.39 is 0 Å². The Hall–Kier alpha value is -2.82. The lowest BCUT2D eigenvalue weighted by Gasteiger charge is -2.09. The molecule has 1 aromatic carbocycles. The molecule has 0 aliphatic rings. The number of amides is 1. The highest BCUT2D eigenvalue weighted by Crippen LogP contribution is 2.39. The van der Waals surface area contributed by atoms with Gasteiger partial charge in [-0.1, -0.05) is 59.5 Å². The van der Waals surface area contributed by atoms with Crippen LogP contribution in [0.4, 0.5) is 5.13 Å². The van der Waals surface area contributed by atoms with Crippen LogP contribution >= 0.6 is 34.4 Å². The number of carbonyl (C=O) groups excluding carboxylic acids is 1. The van der Waals surface area contributed by atoms with Crippen molar-refractivity contribution in [1.82, 2.24) is 25.0 Å². The summed E-state index contributed by atoms with van der Waals surface area (Å²) in [6, 6.07) is 10.3. The van der Waals surface area contributed by atoms with Gasteiger partial charge in [-0.15, -0.1) is 38.3 Å². The lowest BCUT2D eigenvalue weighted by molar-refractivity contribution is -0.113. The van der Waals surface area contributed by atoms with E-state index in [2.05, 4.69) is 56.7 Å². The first kappa shape index (κ1) is 20.5. The minimum absolute atomic E-state index is 0.164. The van der Waals surface area contributed by atoms with E-state index in [0.29, 0.717) is 16.8 Å². The van der Waals surface area contributed by atoms with Crippen LogP contribution in [-0.4, -0.2) is 36.6 Å². The number of nitrogens with zero attached hydrogens (tertiary/aromatic N) is 5. The predicted molar refractivity (Wildman–Crippen MR) is 123 cm³/mol. The van der Waals surface area contributed by atoms with Gasteiger partial charge >= 0.3 is 0 Å². The first-order valence-electron chi connectivity index (χ1n) is 9.04. The second-order valence-electron chi connectivity index (χ2n) is 6.23. The Labute approximate surface area is 185 Å². The number of carbonyl (C=O) groups is 1. The number of allylic oxidation sites excluding steroid dienone is 1. The summed E-state index contributed by atoms with van der Waals surface area (Å²) in [4.78, 5) is 13.4. The lowest BCUT2D eigenvalue weighted by atomic mass is 10.0. The molecule has 7 nitrogen and oxygen atoms in total. The Kier molecular flexibility index (Phi) is 6.36. The van der Waals surface area contributed by atoms with Crippen LogP contribution in [0.5, 0.6) is 0 Å². The topological polar surface area (TPSA) is 85.6 Å². The van der Waals surface area contributed by atoms with Gasteiger partial charge in [0.25, 0.3) is 0 Å². The number of hydrogen-bond donors (Lipinski definition) is 1. The van der Waals surface area contributed by atoms with E-state index >= 15 is 0 Å². The zero-order chi connectivity index (χ0) is 20.9. The SMILES string of the molecule is C=CCn1c(SCC(=O)Nc2nncs2)nnc1-c1csc(C)c1-c1ccccc1. The molecule has 152 valence electrons. The average molecular weight is 455 g/mol. The molecule has 10 heteroatoms. The molecule has 0 aliphatic carbocycles. The number of nitrogens with one attached hydrogen (secondary N) is 1. The molecule has 0 radical (unpaired) electrons. The van der Waals surface area contributed by atoms with E-state index in [4.69, 9.17) is 0 Å². The molecule has 0 aliphatic heterocycles. The molecule has 0 saturated carbocycles. The normalized spacial score (nSPS) is 10.8. The lowest BCUT2D eigenvalue weighted by Crippen LogP contribution is -2.14. The number of thiophene rings is 1. The van der Waals surface area contributed by atoms with Gasteiger partial charge in [0, 0.05) is 27.9 Å². The summed E-state index contributed by atoms with van der Waals surface area (Å²) in [5.41, 5.74) is 4.90. The first-order valence-corrected chi connectivity index (χ1v) is 11.8. The number of benzene rings is 1. The zero-order valence-corrected chi connectivity index (χ0v) is 18.6. The van der Waals surface area contributed by atoms with Crippen molar-refractivity contribution < 1.29 is 4.79 Å². The van der Waals surface area contributed by atoms with Gasteiger partial charge < -0.3 is 0 Å². The molecule has 0 spiro atoms. The first-order chi connectivity index (χ1) is 14.7. The van der Waals surface area contributed by atoms with Crippen molar-refractivity contribution in [3.63, 3.8) is 0 Å². The van der Waals surface area contributed by atoms with Crippen LogP contribution in [0.25, 0.3) is 22.5 Å². The standard InChI is InChI=1S/C20H18N6OS3/c1-3-9-26-18(15-10-28-13(2)17(15)14-7-5-4-6-8-14)23-25-20(26)29-11-16(27)22-19-24-21-12-30-19/h3-8,10,12H,1,9,11H2,2H3,(H,22,24,27). The Morgan fingerprint density at radius 2 is 2.07 bits per heavy atom. The maximum Gasteiger partial charge on any atom is 0.236 e. The zero-order valence-electron chi connectivity index (χ0n) is 16.1. The smallest absolute Gasteiger partial charge is 0.236 e. The van der Waals surface area contributed by atoms with Crippen molar-refractivity contribution in [2.75, 3.05) is 11.1 Å². The Morgan fingerprint density at radius 3 is 2.80 bits per heavy atom. The minimum Gasteiger partial charge on any atom is -0.300 e. The van der Waals surface area contributed by atoms with Crippen molar-refractivity contribution in [1.29, 1.82) is 0 Å². The van der Waals surface area contributed by atoms with Crippen molar-refractivity contribution in [2.24, 2.45) is 0 Å². The number of hydrogen-bond acceptors (Lipinski definition) is 8. The van der Waals surface area contributed by atoms with E-state index in [0.717, 1.165) is 22.5 Å². The second-order valence-corrected chi connectivity index (χ2v) is 9.09. The molecule has 0 fully saturated rings. The van der Waals surface area contributed by atoms with E-state index in [9.17, 15) is 4.79 Å². The largest absolute Gasteiger partial charge is 0.300 e. The van der Waals surface area contributed by atoms with Crippen molar-refractivity contribution in [3.05, 3.63) is 58.8 Å². The van der Waals surface area contributed by atoms with E-state index in [1.807, 2.05) is 22.8 Å². The van der Waals surface area contributed by atoms with Crippen LogP contribution < -0.4 is 5.32 Å². The van der Waals surface area contributed by atoms with Crippen molar-refractivity contribution >= 4 is 45.5 Å². The third kappa shape index (κ3) is 4.35. The Balaban J connectivity index is 1.61. The number of aromatic nitrogens is 5. The van der Waals surface area contributed by atoms with Gasteiger partial charge in [0.2, 0.25) is 11.0 Å². The Morgan fingerprint density at radius 1 is 1.23 bits per heavy atom. The summed E-state index contributed by atoms with van der Waals surface area (Å²) in [5, 5.41) is 22.3. The van der Waals surface area contributed by atoms with Crippen molar-refractivity contribution in [2.45, 2.75) is 18.6 Å². The summed E-state index contributed by atoms with van der Waals surface area (Å²) in [7, 11) is 0. The van der Waals surface area contributed by atoms with Gasteiger partial charge in [0.15, 0.2) is 11.0 Å². The van der Waals surface area contributed by atoms with Crippen LogP contribution in [-0.2, 0) is 11.3 Å². The van der Waals surface area contributed by atoms with Crippen LogP contribution in [0.15, 0.2) is 59.0 Å². The molecule has 3 aromatic heterocycles. The molecule has 1 amide bonds. The second kappa shape index (κ2) is 9.33. The monoisotopic (exact) mass is 454 g/mol. The average Bonchev–Trinajstić information content (AvgIpc) is 3.48. The maximum absolute atomic E-state index is 12.2. The van der Waals surface area contributed by atoms with Gasteiger partial charge in [-0.05, 0) is 12.5 Å². The number of aryl methyl sites for hydroxylation is 1. The molecule has 30 heavy (non-hydrogen) atoms. The molecule has 3 heterocycles. The summed E-state index contributed by atoms with van der Waals surface area (Å²) >= 11 is 4.30. The Bertz CT molecular complexity index is 1150. The number of thioether (sulfide) groups is 1. The van der Waals surface area contributed by atoms with Crippen LogP contribution in [0.3, 0.4) is 0 Å². The van der Waals surface area contributed by atoms with Crippen molar-refractivity contribution in [3.8, 4) is 22.5 Å². The van der Waals surface area contributed by atoms with Crippen LogP contribution in [0.1, 0.15) is 4.88 Å². The van der Waals surface area contributed by atoms with Gasteiger partial charge in [-0.25, -0.2) is 0 Å². The van der Waals surface area contributed by atoms with E-state index in [-0.39, 0.29) is 11.7 Å². The van der Waals surface area contributed by atoms with Gasteiger partial charge in [0.05, 0.1) is 5.75 Å². The molecular formula is C20H18N6OS3. The molecule has 4 aromatic rings.